The van der Waals surface area contributed by atoms with Crippen LogP contribution in [-0.4, -0.2) is 37.2 Å². The van der Waals surface area contributed by atoms with E-state index in [0.29, 0.717) is 19.3 Å². The van der Waals surface area contributed by atoms with Gasteiger partial charge in [0.2, 0.25) is 0 Å². The molecule has 0 N–H and O–H groups in total. The third-order valence-corrected chi connectivity index (χ3v) is 11.0. The molecule has 0 bridgehead atoms. The first-order valence-corrected chi connectivity index (χ1v) is 26.0. The van der Waals surface area contributed by atoms with Crippen LogP contribution >= 0.6 is 0 Å². The Hall–Kier alpha value is -3.15. The zero-order valence-corrected chi connectivity index (χ0v) is 40.6. The number of rotatable bonds is 46. The molecule has 0 saturated heterocycles. The highest BCUT2D eigenvalue weighted by molar-refractivity contribution is 5.71. The van der Waals surface area contributed by atoms with E-state index in [2.05, 4.69) is 69.4 Å². The Balaban J connectivity index is 4.43. The van der Waals surface area contributed by atoms with Gasteiger partial charge < -0.3 is 14.2 Å². The van der Waals surface area contributed by atoms with E-state index in [1.165, 1.54) is 116 Å². The van der Waals surface area contributed by atoms with Gasteiger partial charge in [0, 0.05) is 19.3 Å². The summed E-state index contributed by atoms with van der Waals surface area (Å²) in [7, 11) is 0. The molecule has 0 aromatic carbocycles. The van der Waals surface area contributed by atoms with E-state index in [1.54, 1.807) is 0 Å². The van der Waals surface area contributed by atoms with Crippen LogP contribution in [0.2, 0.25) is 0 Å². The van der Waals surface area contributed by atoms with Crippen molar-refractivity contribution in [2.45, 2.75) is 252 Å². The molecule has 6 heteroatoms. The lowest BCUT2D eigenvalue weighted by molar-refractivity contribution is -0.167. The van der Waals surface area contributed by atoms with Crippen LogP contribution < -0.4 is 0 Å². The maximum atomic E-state index is 12.8. The Morgan fingerprint density at radius 2 is 0.629 bits per heavy atom. The van der Waals surface area contributed by atoms with Crippen molar-refractivity contribution < 1.29 is 28.6 Å². The highest BCUT2D eigenvalue weighted by Crippen LogP contribution is 2.15. The van der Waals surface area contributed by atoms with Crippen LogP contribution in [0, 0.1) is 0 Å². The maximum Gasteiger partial charge on any atom is 0.306 e. The van der Waals surface area contributed by atoms with Gasteiger partial charge in [-0.25, -0.2) is 0 Å². The number of allylic oxidation sites excluding steroid dienone is 12. The summed E-state index contributed by atoms with van der Waals surface area (Å²) in [6.07, 6.45) is 63.0. The lowest BCUT2D eigenvalue weighted by Gasteiger charge is -2.18. The summed E-state index contributed by atoms with van der Waals surface area (Å²) in [5.41, 5.74) is 0. The quantitative estimate of drug-likeness (QED) is 0.0199. The molecule has 0 radical (unpaired) electrons. The smallest absolute Gasteiger partial charge is 0.306 e. The topological polar surface area (TPSA) is 78.9 Å². The van der Waals surface area contributed by atoms with Crippen molar-refractivity contribution in [3.05, 3.63) is 72.9 Å². The van der Waals surface area contributed by atoms with Gasteiger partial charge >= 0.3 is 17.9 Å². The van der Waals surface area contributed by atoms with Crippen molar-refractivity contribution in [1.29, 1.82) is 0 Å². The van der Waals surface area contributed by atoms with E-state index in [4.69, 9.17) is 14.2 Å². The number of hydrogen-bond donors (Lipinski definition) is 0. The van der Waals surface area contributed by atoms with Gasteiger partial charge in [-0.1, -0.05) is 235 Å². The molecule has 62 heavy (non-hydrogen) atoms. The molecule has 0 aliphatic carbocycles. The van der Waals surface area contributed by atoms with Gasteiger partial charge in [-0.3, -0.25) is 14.4 Å². The minimum Gasteiger partial charge on any atom is -0.462 e. The second kappa shape index (κ2) is 50.5. The van der Waals surface area contributed by atoms with Gasteiger partial charge in [0.05, 0.1) is 0 Å². The molecule has 0 saturated carbocycles. The van der Waals surface area contributed by atoms with Crippen LogP contribution in [0.25, 0.3) is 0 Å². The van der Waals surface area contributed by atoms with Gasteiger partial charge in [0.15, 0.2) is 6.10 Å². The number of unbranched alkanes of at least 4 members (excludes halogenated alkanes) is 27. The Bertz CT molecular complexity index is 1180. The van der Waals surface area contributed by atoms with E-state index in [9.17, 15) is 14.4 Å². The third kappa shape index (κ3) is 47.9. The average molecular weight is 865 g/mol. The first kappa shape index (κ1) is 58.9. The zero-order valence-electron chi connectivity index (χ0n) is 40.6. The molecule has 6 nitrogen and oxygen atoms in total. The number of ether oxygens (including phenoxy) is 3. The van der Waals surface area contributed by atoms with Crippen molar-refractivity contribution in [1.82, 2.24) is 0 Å². The number of carbonyl (C=O) groups excluding carboxylic acids is 3. The summed E-state index contributed by atoms with van der Waals surface area (Å²) < 4.78 is 16.8. The summed E-state index contributed by atoms with van der Waals surface area (Å²) in [4.78, 5) is 38.0. The SMILES string of the molecule is CCC\C=C/C=C\C=C/C=C\C=C/CCCCCCCC(=O)OCC(COC(=O)CCCCCCC/C=C\CCCCC)OC(=O)CCCCCCCCCCCCCCCC. The zero-order chi connectivity index (χ0) is 45.1. The van der Waals surface area contributed by atoms with Crippen molar-refractivity contribution >= 4 is 17.9 Å². The summed E-state index contributed by atoms with van der Waals surface area (Å²) in [5, 5.41) is 0. The molecule has 356 valence electrons. The van der Waals surface area contributed by atoms with Gasteiger partial charge in [-0.05, 0) is 64.2 Å². The molecule has 0 fully saturated rings. The standard InChI is InChI=1S/C56H96O6/c1-4-7-10-13-16-19-22-25-27-28-29-30-32-34-37-40-43-46-49-55(58)61-52-53(51-60-54(57)48-45-42-39-36-33-24-21-18-15-12-9-6-3)62-56(59)50-47-44-41-38-35-31-26-23-20-17-14-11-8-5-2/h10,13,16,18-19,21-22,25,27-30,53H,4-9,11-12,14-15,17,20,23-24,26,31-52H2,1-3H3/b13-10-,19-16-,21-18-,25-22-,28-27-,30-29-. The van der Waals surface area contributed by atoms with Crippen LogP contribution in [0.3, 0.4) is 0 Å². The predicted octanol–water partition coefficient (Wildman–Crippen LogP) is 17.0. The second-order valence-electron chi connectivity index (χ2n) is 17.2. The molecule has 0 amide bonds. The van der Waals surface area contributed by atoms with Gasteiger partial charge in [0.1, 0.15) is 13.2 Å². The molecule has 0 spiro atoms. The summed E-state index contributed by atoms with van der Waals surface area (Å²) in [5.74, 6) is -0.917. The van der Waals surface area contributed by atoms with Gasteiger partial charge in [-0.2, -0.15) is 0 Å². The maximum absolute atomic E-state index is 12.8. The first-order valence-electron chi connectivity index (χ1n) is 26.0. The predicted molar refractivity (Wildman–Crippen MR) is 265 cm³/mol. The van der Waals surface area contributed by atoms with Crippen LogP contribution in [0.15, 0.2) is 72.9 Å². The lowest BCUT2D eigenvalue weighted by atomic mass is 10.0. The minimum atomic E-state index is -0.787. The molecule has 0 aliphatic heterocycles. The Kier molecular flexibility index (Phi) is 47.9. The molecular weight excluding hydrogens is 769 g/mol. The van der Waals surface area contributed by atoms with Crippen LogP contribution in [0.4, 0.5) is 0 Å². The van der Waals surface area contributed by atoms with E-state index in [-0.39, 0.29) is 31.1 Å². The van der Waals surface area contributed by atoms with Crippen molar-refractivity contribution in [2.24, 2.45) is 0 Å². The van der Waals surface area contributed by atoms with Gasteiger partial charge in [0.25, 0.3) is 0 Å². The van der Waals surface area contributed by atoms with Crippen LogP contribution in [0.5, 0.6) is 0 Å². The number of esters is 3. The summed E-state index contributed by atoms with van der Waals surface area (Å²) in [6, 6.07) is 0. The summed E-state index contributed by atoms with van der Waals surface area (Å²) >= 11 is 0. The highest BCUT2D eigenvalue weighted by Gasteiger charge is 2.19. The van der Waals surface area contributed by atoms with E-state index < -0.39 is 6.10 Å². The van der Waals surface area contributed by atoms with Crippen LogP contribution in [-0.2, 0) is 28.6 Å². The van der Waals surface area contributed by atoms with E-state index in [1.807, 2.05) is 24.3 Å². The largest absolute Gasteiger partial charge is 0.462 e. The highest BCUT2D eigenvalue weighted by atomic mass is 16.6. The van der Waals surface area contributed by atoms with Gasteiger partial charge in [-0.15, -0.1) is 0 Å². The fourth-order valence-electron chi connectivity index (χ4n) is 7.11. The Morgan fingerprint density at radius 1 is 0.323 bits per heavy atom. The number of hydrogen-bond acceptors (Lipinski definition) is 6. The molecule has 1 atom stereocenters. The molecule has 0 aromatic rings. The van der Waals surface area contributed by atoms with Crippen molar-refractivity contribution in [3.63, 3.8) is 0 Å². The Morgan fingerprint density at radius 3 is 1.05 bits per heavy atom. The van der Waals surface area contributed by atoms with E-state index >= 15 is 0 Å². The average Bonchev–Trinajstić information content (AvgIpc) is 3.27. The molecule has 0 aliphatic rings. The first-order chi connectivity index (χ1) is 30.5. The molecule has 0 rings (SSSR count). The fraction of sp³-hybridized carbons (Fsp3) is 0.732. The molecule has 0 heterocycles. The van der Waals surface area contributed by atoms with Crippen LogP contribution in [0.1, 0.15) is 245 Å². The molecule has 0 aromatic heterocycles. The lowest BCUT2D eigenvalue weighted by Crippen LogP contribution is -2.30. The number of carbonyl (C=O) groups is 3. The third-order valence-electron chi connectivity index (χ3n) is 11.0. The van der Waals surface area contributed by atoms with E-state index in [0.717, 1.165) is 89.9 Å². The second-order valence-corrected chi connectivity index (χ2v) is 17.2. The molecule has 1 unspecified atom stereocenters. The monoisotopic (exact) mass is 865 g/mol. The van der Waals surface area contributed by atoms with Crippen molar-refractivity contribution in [3.8, 4) is 0 Å². The minimum absolute atomic E-state index is 0.0868. The molecular formula is C56H96O6. The van der Waals surface area contributed by atoms with Crippen molar-refractivity contribution in [2.75, 3.05) is 13.2 Å². The normalized spacial score (nSPS) is 12.6. The fourth-order valence-corrected chi connectivity index (χ4v) is 7.11. The summed E-state index contributed by atoms with van der Waals surface area (Å²) in [6.45, 7) is 6.50. The Labute approximate surface area is 382 Å².